The molecule has 0 radical (unpaired) electrons. The molecule has 0 atom stereocenters. The fourth-order valence-corrected chi connectivity index (χ4v) is 4.19. The number of furan rings is 1. The van der Waals surface area contributed by atoms with Crippen molar-refractivity contribution in [2.45, 2.75) is 0 Å². The van der Waals surface area contributed by atoms with Crippen molar-refractivity contribution in [2.75, 3.05) is 13.7 Å². The predicted octanol–water partition coefficient (Wildman–Crippen LogP) is 4.33. The quantitative estimate of drug-likeness (QED) is 0.303. The third kappa shape index (κ3) is 4.46. The van der Waals surface area contributed by atoms with E-state index in [1.54, 1.807) is 42.5 Å². The minimum absolute atomic E-state index is 0.229. The van der Waals surface area contributed by atoms with Gasteiger partial charge in [-0.2, -0.15) is 9.78 Å². The van der Waals surface area contributed by atoms with Gasteiger partial charge in [-0.05, 0) is 36.4 Å². The first kappa shape index (κ1) is 23.3. The lowest BCUT2D eigenvalue weighted by atomic mass is 10.2. The molecule has 0 saturated carbocycles. The molecule has 0 aliphatic carbocycles. The lowest BCUT2D eigenvalue weighted by Gasteiger charge is -2.13. The Morgan fingerprint density at radius 1 is 1.17 bits per heavy atom. The Balaban J connectivity index is 1.70. The zero-order chi connectivity index (χ0) is 25.2. The summed E-state index contributed by atoms with van der Waals surface area (Å²) in [6, 6.07) is 19.7. The van der Waals surface area contributed by atoms with Gasteiger partial charge in [-0.1, -0.05) is 46.3 Å². The average molecular weight is 547 g/mol. The number of hydrogen-bond donors (Lipinski definition) is 1. The van der Waals surface area contributed by atoms with Gasteiger partial charge >= 0.3 is 0 Å². The molecule has 2 aromatic heterocycles. The molecule has 0 bridgehead atoms. The summed E-state index contributed by atoms with van der Waals surface area (Å²) in [5, 5.41) is 5.72. The number of ether oxygens (including phenoxy) is 2. The highest BCUT2D eigenvalue weighted by molar-refractivity contribution is 9.10. The number of halogens is 1. The van der Waals surface area contributed by atoms with Crippen LogP contribution in [0.5, 0.6) is 11.5 Å². The van der Waals surface area contributed by atoms with Crippen molar-refractivity contribution >= 4 is 49.9 Å². The van der Waals surface area contributed by atoms with E-state index in [9.17, 15) is 9.59 Å². The lowest BCUT2D eigenvalue weighted by Crippen LogP contribution is -2.21. The number of fused-ring (bicyclic) bond motifs is 2. The van der Waals surface area contributed by atoms with Crippen LogP contribution in [-0.4, -0.2) is 35.5 Å². The van der Waals surface area contributed by atoms with Crippen LogP contribution in [0.15, 0.2) is 85.5 Å². The first-order valence-corrected chi connectivity index (χ1v) is 11.6. The standard InChI is InChI=1S/C26H19BrN4O5/c1-34-21-12-17(27)10-16(24(21)35-14-23(28)32)13-29-31-25(22-11-15-6-2-5-9-20(15)36-22)30-19-8-4-3-7-18(19)26(31)33/h2-13H,14H2,1H3,(H2,28,32). The summed E-state index contributed by atoms with van der Waals surface area (Å²) >= 11 is 3.43. The molecule has 2 N–H and O–H groups in total. The smallest absolute Gasteiger partial charge is 0.282 e. The molecule has 10 heteroatoms. The second-order valence-corrected chi connectivity index (χ2v) is 8.66. The summed E-state index contributed by atoms with van der Waals surface area (Å²) in [7, 11) is 1.47. The zero-order valence-corrected chi connectivity index (χ0v) is 20.6. The Hall–Kier alpha value is -4.44. The Bertz CT molecular complexity index is 1670. The summed E-state index contributed by atoms with van der Waals surface area (Å²) in [6.45, 7) is -0.361. The highest BCUT2D eigenvalue weighted by atomic mass is 79.9. The van der Waals surface area contributed by atoms with Crippen LogP contribution in [0.4, 0.5) is 0 Å². The minimum atomic E-state index is -0.648. The maximum atomic E-state index is 13.5. The number of rotatable bonds is 7. The number of nitrogens with two attached hydrogens (primary N) is 1. The fraction of sp³-hybridized carbons (Fsp3) is 0.0769. The van der Waals surface area contributed by atoms with E-state index in [-0.39, 0.29) is 23.7 Å². The summed E-state index contributed by atoms with van der Waals surface area (Å²) < 4.78 is 18.8. The van der Waals surface area contributed by atoms with Gasteiger partial charge in [0, 0.05) is 15.4 Å². The van der Waals surface area contributed by atoms with Gasteiger partial charge in [0.05, 0.1) is 24.2 Å². The number of hydrogen-bond acceptors (Lipinski definition) is 7. The Morgan fingerprint density at radius 2 is 1.94 bits per heavy atom. The van der Waals surface area contributed by atoms with Crippen molar-refractivity contribution in [1.29, 1.82) is 0 Å². The number of nitrogens with zero attached hydrogens (tertiary/aromatic N) is 3. The molecule has 0 fully saturated rings. The molecular weight excluding hydrogens is 528 g/mol. The molecule has 3 aromatic carbocycles. The summed E-state index contributed by atoms with van der Waals surface area (Å²) in [5.41, 5.74) is 6.49. The molecule has 0 spiro atoms. The van der Waals surface area contributed by atoms with E-state index < -0.39 is 5.91 Å². The van der Waals surface area contributed by atoms with Crippen LogP contribution in [-0.2, 0) is 4.79 Å². The maximum absolute atomic E-state index is 13.5. The minimum Gasteiger partial charge on any atom is -0.493 e. The number of primary amides is 1. The van der Waals surface area contributed by atoms with Crippen LogP contribution in [0.3, 0.4) is 0 Å². The van der Waals surface area contributed by atoms with Crippen molar-refractivity contribution in [2.24, 2.45) is 10.8 Å². The number of benzene rings is 3. The molecule has 0 unspecified atom stereocenters. The largest absolute Gasteiger partial charge is 0.493 e. The number of amides is 1. The van der Waals surface area contributed by atoms with Crippen molar-refractivity contribution in [3.63, 3.8) is 0 Å². The van der Waals surface area contributed by atoms with E-state index in [0.29, 0.717) is 38.0 Å². The number of para-hydroxylation sites is 2. The normalized spacial score (nSPS) is 11.4. The van der Waals surface area contributed by atoms with Crippen molar-refractivity contribution in [1.82, 2.24) is 9.66 Å². The number of carbonyl (C=O) groups is 1. The SMILES string of the molecule is COc1cc(Br)cc(C=Nn2c(-c3cc4ccccc4o3)nc3ccccc3c2=O)c1OCC(N)=O. The number of methoxy groups -OCH3 is 1. The Morgan fingerprint density at radius 3 is 2.72 bits per heavy atom. The Labute approximate surface area is 212 Å². The summed E-state index contributed by atoms with van der Waals surface area (Å²) in [6.07, 6.45) is 1.42. The number of carbonyl (C=O) groups excluding carboxylic acids is 1. The van der Waals surface area contributed by atoms with Crippen LogP contribution in [0.1, 0.15) is 5.56 Å². The second kappa shape index (κ2) is 9.67. The van der Waals surface area contributed by atoms with E-state index >= 15 is 0 Å². The van der Waals surface area contributed by atoms with Gasteiger partial charge < -0.3 is 19.6 Å². The lowest BCUT2D eigenvalue weighted by molar-refractivity contribution is -0.119. The molecule has 0 aliphatic heterocycles. The third-order valence-corrected chi connectivity index (χ3v) is 5.80. The molecule has 0 saturated heterocycles. The molecule has 2 heterocycles. The second-order valence-electron chi connectivity index (χ2n) is 7.74. The molecular formula is C26H19BrN4O5. The van der Waals surface area contributed by atoms with Gasteiger partial charge in [-0.15, -0.1) is 0 Å². The molecule has 1 amide bonds. The first-order valence-electron chi connectivity index (χ1n) is 10.8. The van der Waals surface area contributed by atoms with Gasteiger partial charge in [-0.3, -0.25) is 9.59 Å². The van der Waals surface area contributed by atoms with Crippen LogP contribution in [0, 0.1) is 0 Å². The van der Waals surface area contributed by atoms with E-state index in [4.69, 9.17) is 19.6 Å². The van der Waals surface area contributed by atoms with E-state index in [1.807, 2.05) is 24.3 Å². The zero-order valence-electron chi connectivity index (χ0n) is 19.0. The van der Waals surface area contributed by atoms with Crippen molar-refractivity contribution < 1.29 is 18.7 Å². The molecule has 180 valence electrons. The first-order chi connectivity index (χ1) is 17.4. The van der Waals surface area contributed by atoms with E-state index in [2.05, 4.69) is 26.0 Å². The van der Waals surface area contributed by atoms with Crippen LogP contribution in [0.25, 0.3) is 33.5 Å². The van der Waals surface area contributed by atoms with Gasteiger partial charge in [-0.25, -0.2) is 4.98 Å². The van der Waals surface area contributed by atoms with Crippen molar-refractivity contribution in [3.05, 3.63) is 87.1 Å². The fourth-order valence-electron chi connectivity index (χ4n) is 3.74. The van der Waals surface area contributed by atoms with Gasteiger partial charge in [0.25, 0.3) is 11.5 Å². The van der Waals surface area contributed by atoms with Crippen LogP contribution in [0.2, 0.25) is 0 Å². The van der Waals surface area contributed by atoms with Gasteiger partial charge in [0.1, 0.15) is 5.58 Å². The van der Waals surface area contributed by atoms with Gasteiger partial charge in [0.15, 0.2) is 23.9 Å². The molecule has 5 rings (SSSR count). The molecule has 5 aromatic rings. The number of aromatic nitrogens is 2. The molecule has 36 heavy (non-hydrogen) atoms. The third-order valence-electron chi connectivity index (χ3n) is 5.34. The highest BCUT2D eigenvalue weighted by Gasteiger charge is 2.17. The molecule has 9 nitrogen and oxygen atoms in total. The van der Waals surface area contributed by atoms with Gasteiger partial charge in [0.2, 0.25) is 5.82 Å². The molecule has 0 aliphatic rings. The maximum Gasteiger partial charge on any atom is 0.282 e. The average Bonchev–Trinajstić information content (AvgIpc) is 3.31. The van der Waals surface area contributed by atoms with E-state index in [0.717, 1.165) is 5.39 Å². The van der Waals surface area contributed by atoms with Crippen molar-refractivity contribution in [3.8, 4) is 23.1 Å². The van der Waals surface area contributed by atoms with E-state index in [1.165, 1.54) is 18.0 Å². The topological polar surface area (TPSA) is 122 Å². The Kier molecular flexibility index (Phi) is 6.26. The van der Waals surface area contributed by atoms with Crippen LogP contribution < -0.4 is 20.8 Å². The monoisotopic (exact) mass is 546 g/mol. The predicted molar refractivity (Wildman–Crippen MR) is 140 cm³/mol. The van der Waals surface area contributed by atoms with Crippen LogP contribution >= 0.6 is 15.9 Å². The summed E-state index contributed by atoms with van der Waals surface area (Å²) in [4.78, 5) is 29.5. The summed E-state index contributed by atoms with van der Waals surface area (Å²) in [5.74, 6) is 0.565. The highest BCUT2D eigenvalue weighted by Crippen LogP contribution is 2.34.